The molecule has 0 radical (unpaired) electrons. The van der Waals surface area contributed by atoms with Crippen LogP contribution >= 0.6 is 9.24 Å². The standard InChI is InChI=1S/C24H25F4N2O2P/c1-31-17-8-4-15(5-9-17)21(23(30)24(26,27)28)22(29)19-11-10-18(12-20(19)33)32-13-14-2-6-16(25)7-3-14/h2-4,6-12,15,23H,5,13,29-30,33H2,1H3/b22-21-. The van der Waals surface area contributed by atoms with E-state index in [2.05, 4.69) is 9.24 Å². The summed E-state index contributed by atoms with van der Waals surface area (Å²) in [7, 11) is 3.96. The topological polar surface area (TPSA) is 70.5 Å². The number of halogens is 4. The van der Waals surface area contributed by atoms with E-state index >= 15 is 0 Å². The highest BCUT2D eigenvalue weighted by Crippen LogP contribution is 2.36. The molecule has 4 nitrogen and oxygen atoms in total. The number of nitrogens with two attached hydrogens (primary N) is 2. The Morgan fingerprint density at radius 1 is 1.18 bits per heavy atom. The van der Waals surface area contributed by atoms with Gasteiger partial charge in [0.1, 0.15) is 30.0 Å². The molecule has 2 aromatic rings. The third-order valence-corrected chi connectivity index (χ3v) is 5.81. The number of hydrogen-bond acceptors (Lipinski definition) is 4. The molecule has 0 heterocycles. The summed E-state index contributed by atoms with van der Waals surface area (Å²) in [6.45, 7) is 0.209. The molecule has 0 spiro atoms. The SMILES string of the molecule is COC1=CCC(/C(=C(/N)c2ccc(OCc3ccc(F)cc3)cc2P)C(N)C(F)(F)F)C=C1. The highest BCUT2D eigenvalue weighted by Gasteiger charge is 2.42. The predicted molar refractivity (Wildman–Crippen MR) is 124 cm³/mol. The molecule has 3 rings (SSSR count). The van der Waals surface area contributed by atoms with E-state index in [0.717, 1.165) is 5.56 Å². The van der Waals surface area contributed by atoms with Crippen LogP contribution in [0.25, 0.3) is 5.70 Å². The van der Waals surface area contributed by atoms with Crippen LogP contribution in [0.4, 0.5) is 17.6 Å². The molecule has 3 unspecified atom stereocenters. The summed E-state index contributed by atoms with van der Waals surface area (Å²) in [5.41, 5.74) is 13.0. The van der Waals surface area contributed by atoms with E-state index in [9.17, 15) is 17.6 Å². The van der Waals surface area contributed by atoms with Crippen molar-refractivity contribution in [1.82, 2.24) is 0 Å². The minimum Gasteiger partial charge on any atom is -0.497 e. The fourth-order valence-corrected chi connectivity index (χ4v) is 3.95. The fraction of sp³-hybridized carbons (Fsp3) is 0.250. The molecule has 0 fully saturated rings. The first-order chi connectivity index (χ1) is 15.6. The van der Waals surface area contributed by atoms with E-state index in [1.54, 1.807) is 48.6 Å². The van der Waals surface area contributed by atoms with Gasteiger partial charge in [-0.2, -0.15) is 13.2 Å². The predicted octanol–water partition coefficient (Wildman–Crippen LogP) is 4.57. The molecule has 0 saturated carbocycles. The van der Waals surface area contributed by atoms with E-state index in [-0.39, 0.29) is 30.1 Å². The van der Waals surface area contributed by atoms with E-state index in [0.29, 0.717) is 22.4 Å². The normalized spacial score (nSPS) is 17.8. The lowest BCUT2D eigenvalue weighted by Crippen LogP contribution is -2.42. The van der Waals surface area contributed by atoms with Gasteiger partial charge < -0.3 is 20.9 Å². The van der Waals surface area contributed by atoms with Crippen LogP contribution in [0.3, 0.4) is 0 Å². The van der Waals surface area contributed by atoms with Crippen molar-refractivity contribution in [2.24, 2.45) is 17.4 Å². The number of hydrogen-bond donors (Lipinski definition) is 2. The Bertz CT molecular complexity index is 1080. The largest absolute Gasteiger partial charge is 0.497 e. The quantitative estimate of drug-likeness (QED) is 0.450. The van der Waals surface area contributed by atoms with Crippen molar-refractivity contribution in [2.75, 3.05) is 7.11 Å². The van der Waals surface area contributed by atoms with Crippen LogP contribution in [0.2, 0.25) is 0 Å². The van der Waals surface area contributed by atoms with Gasteiger partial charge in [-0.1, -0.05) is 18.2 Å². The van der Waals surface area contributed by atoms with Crippen LogP contribution in [0.15, 0.2) is 72.0 Å². The summed E-state index contributed by atoms with van der Waals surface area (Å²) in [6.07, 6.45) is 0.561. The van der Waals surface area contributed by atoms with Crippen molar-refractivity contribution in [3.05, 3.63) is 89.0 Å². The summed E-state index contributed by atoms with van der Waals surface area (Å²) < 4.78 is 64.7. The smallest absolute Gasteiger partial charge is 0.407 e. The second kappa shape index (κ2) is 10.4. The van der Waals surface area contributed by atoms with Crippen LogP contribution in [0.5, 0.6) is 5.75 Å². The van der Waals surface area contributed by atoms with E-state index < -0.39 is 18.1 Å². The monoisotopic (exact) mass is 480 g/mol. The lowest BCUT2D eigenvalue weighted by molar-refractivity contribution is -0.140. The molecule has 0 saturated heterocycles. The lowest BCUT2D eigenvalue weighted by Gasteiger charge is -2.28. The van der Waals surface area contributed by atoms with Gasteiger partial charge in [-0.15, -0.1) is 9.24 Å². The highest BCUT2D eigenvalue weighted by molar-refractivity contribution is 7.27. The van der Waals surface area contributed by atoms with Gasteiger partial charge in [-0.05, 0) is 65.3 Å². The molecule has 0 aromatic heterocycles. The molecular formula is C24H25F4N2O2P. The third kappa shape index (κ3) is 6.15. The zero-order valence-electron chi connectivity index (χ0n) is 17.9. The molecule has 0 bridgehead atoms. The Hall–Kier alpha value is -2.83. The van der Waals surface area contributed by atoms with Crippen molar-refractivity contribution < 1.29 is 27.0 Å². The number of alkyl halides is 3. The third-order valence-electron chi connectivity index (χ3n) is 5.33. The second-order valence-electron chi connectivity index (χ2n) is 7.56. The fourth-order valence-electron chi connectivity index (χ4n) is 3.54. The highest BCUT2D eigenvalue weighted by atomic mass is 31.0. The molecule has 176 valence electrons. The first-order valence-electron chi connectivity index (χ1n) is 10.1. The molecular weight excluding hydrogens is 455 g/mol. The van der Waals surface area contributed by atoms with Gasteiger partial charge in [0.2, 0.25) is 0 Å². The molecule has 33 heavy (non-hydrogen) atoms. The van der Waals surface area contributed by atoms with Crippen molar-refractivity contribution in [1.29, 1.82) is 0 Å². The molecule has 0 amide bonds. The van der Waals surface area contributed by atoms with E-state index in [1.807, 2.05) is 0 Å². The summed E-state index contributed by atoms with van der Waals surface area (Å²) >= 11 is 0. The Morgan fingerprint density at radius 3 is 2.42 bits per heavy atom. The maximum Gasteiger partial charge on any atom is 0.407 e. The van der Waals surface area contributed by atoms with Crippen LogP contribution < -0.4 is 21.5 Å². The van der Waals surface area contributed by atoms with Crippen LogP contribution in [0, 0.1) is 11.7 Å². The average molecular weight is 480 g/mol. The molecule has 9 heteroatoms. The minimum absolute atomic E-state index is 0.0289. The van der Waals surface area contributed by atoms with Crippen molar-refractivity contribution in [3.8, 4) is 5.75 Å². The number of ether oxygens (including phenoxy) is 2. The van der Waals surface area contributed by atoms with Gasteiger partial charge in [-0.25, -0.2) is 4.39 Å². The average Bonchev–Trinajstić information content (AvgIpc) is 2.78. The van der Waals surface area contributed by atoms with Gasteiger partial charge in [-0.3, -0.25) is 0 Å². The number of benzene rings is 2. The zero-order chi connectivity index (χ0) is 24.2. The number of rotatable bonds is 7. The second-order valence-corrected chi connectivity index (χ2v) is 8.19. The van der Waals surface area contributed by atoms with Crippen molar-refractivity contribution >= 4 is 20.2 Å². The molecule has 2 aromatic carbocycles. The maximum absolute atomic E-state index is 13.6. The van der Waals surface area contributed by atoms with Crippen LogP contribution in [-0.4, -0.2) is 19.3 Å². The lowest BCUT2D eigenvalue weighted by atomic mass is 9.84. The number of allylic oxidation sites excluding steroid dienone is 3. The minimum atomic E-state index is -4.65. The Balaban J connectivity index is 1.89. The van der Waals surface area contributed by atoms with E-state index in [1.165, 1.54) is 19.2 Å². The molecule has 1 aliphatic carbocycles. The Morgan fingerprint density at radius 2 is 1.88 bits per heavy atom. The van der Waals surface area contributed by atoms with Crippen molar-refractivity contribution in [2.45, 2.75) is 25.2 Å². The van der Waals surface area contributed by atoms with Crippen LogP contribution in [0.1, 0.15) is 17.5 Å². The van der Waals surface area contributed by atoms with Gasteiger partial charge in [0.05, 0.1) is 7.11 Å². The molecule has 3 atom stereocenters. The first-order valence-corrected chi connectivity index (χ1v) is 10.7. The van der Waals surface area contributed by atoms with Gasteiger partial charge in [0, 0.05) is 17.2 Å². The zero-order valence-corrected chi connectivity index (χ0v) is 19.1. The Kier molecular flexibility index (Phi) is 7.82. The first kappa shape index (κ1) is 24.8. The summed E-state index contributed by atoms with van der Waals surface area (Å²) in [4.78, 5) is 0. The summed E-state index contributed by atoms with van der Waals surface area (Å²) in [6, 6.07) is 8.56. The maximum atomic E-state index is 13.6. The molecule has 1 aliphatic rings. The van der Waals surface area contributed by atoms with Gasteiger partial charge in [0.25, 0.3) is 0 Å². The number of methoxy groups -OCH3 is 1. The van der Waals surface area contributed by atoms with Gasteiger partial charge in [0.15, 0.2) is 0 Å². The van der Waals surface area contributed by atoms with Crippen LogP contribution in [-0.2, 0) is 11.3 Å². The summed E-state index contributed by atoms with van der Waals surface area (Å²) in [5.74, 6) is 0.0958. The summed E-state index contributed by atoms with van der Waals surface area (Å²) in [5, 5.41) is 0.559. The molecule has 0 aliphatic heterocycles. The van der Waals surface area contributed by atoms with Gasteiger partial charge >= 0.3 is 6.18 Å². The van der Waals surface area contributed by atoms with E-state index in [4.69, 9.17) is 20.9 Å². The Labute approximate surface area is 192 Å². The molecule has 4 N–H and O–H groups in total. The van der Waals surface area contributed by atoms with Crippen molar-refractivity contribution in [3.63, 3.8) is 0 Å².